The van der Waals surface area contributed by atoms with E-state index >= 15 is 0 Å². The Balaban J connectivity index is 1.36. The highest BCUT2D eigenvalue weighted by molar-refractivity contribution is 5.64. The first-order valence-electron chi connectivity index (χ1n) is 14.0. The lowest BCUT2D eigenvalue weighted by molar-refractivity contribution is -0.125. The summed E-state index contributed by atoms with van der Waals surface area (Å²) in [4.78, 5) is 4.65. The van der Waals surface area contributed by atoms with Gasteiger partial charge in [0.2, 0.25) is 0 Å². The van der Waals surface area contributed by atoms with Crippen LogP contribution >= 0.6 is 0 Å². The predicted molar refractivity (Wildman–Crippen MR) is 160 cm³/mol. The molecule has 0 bridgehead atoms. The highest BCUT2D eigenvalue weighted by Gasteiger charge is 2.57. The molecule has 5 aromatic rings. The Morgan fingerprint density at radius 1 is 0.810 bits per heavy atom. The fraction of sp³-hybridized carbons (Fsp3) is 0.235. The van der Waals surface area contributed by atoms with Crippen molar-refractivity contribution in [3.63, 3.8) is 0 Å². The average Bonchev–Trinajstić information content (AvgIpc) is 3.64. The zero-order valence-corrected chi connectivity index (χ0v) is 23.3. The van der Waals surface area contributed by atoms with E-state index in [2.05, 4.69) is 11.6 Å². The molecule has 0 radical (unpaired) electrons. The minimum absolute atomic E-state index is 0.188. The van der Waals surface area contributed by atoms with Crippen LogP contribution in [0, 0.1) is 0 Å². The number of hydrogen-bond donors (Lipinski definition) is 1. The molecule has 1 fully saturated rings. The van der Waals surface area contributed by atoms with E-state index in [9.17, 15) is 0 Å². The minimum Gasteiger partial charge on any atom is -0.382 e. The van der Waals surface area contributed by atoms with Crippen molar-refractivity contribution in [2.24, 2.45) is 0 Å². The number of aromatic nitrogens is 3. The molecule has 1 aliphatic heterocycles. The van der Waals surface area contributed by atoms with E-state index in [1.807, 2.05) is 109 Å². The van der Waals surface area contributed by atoms with Gasteiger partial charge >= 0.3 is 0 Å². The van der Waals surface area contributed by atoms with Crippen molar-refractivity contribution >= 4 is 11.3 Å². The van der Waals surface area contributed by atoms with Gasteiger partial charge in [0.15, 0.2) is 11.6 Å². The van der Waals surface area contributed by atoms with Gasteiger partial charge in [0.25, 0.3) is 0 Å². The first kappa shape index (κ1) is 27.8. The van der Waals surface area contributed by atoms with Crippen molar-refractivity contribution in [1.29, 1.82) is 0 Å². The van der Waals surface area contributed by atoms with Gasteiger partial charge < -0.3 is 24.7 Å². The molecule has 6 rings (SSSR count). The summed E-state index contributed by atoms with van der Waals surface area (Å²) in [7, 11) is 0. The van der Waals surface area contributed by atoms with E-state index in [0.29, 0.717) is 31.5 Å². The second-order valence-electron chi connectivity index (χ2n) is 10.3. The second-order valence-corrected chi connectivity index (χ2v) is 10.3. The maximum atomic E-state index is 6.82. The molecule has 42 heavy (non-hydrogen) atoms. The first-order chi connectivity index (χ1) is 20.6. The van der Waals surface area contributed by atoms with Crippen molar-refractivity contribution in [3.05, 3.63) is 144 Å². The molecule has 0 unspecified atom stereocenters. The minimum atomic E-state index is -1.06. The molecule has 2 aromatic heterocycles. The number of rotatable bonds is 12. The van der Waals surface area contributed by atoms with E-state index in [0.717, 1.165) is 22.2 Å². The number of benzene rings is 3. The van der Waals surface area contributed by atoms with Gasteiger partial charge in [-0.05, 0) is 28.8 Å². The molecule has 1 aliphatic rings. The van der Waals surface area contributed by atoms with Gasteiger partial charge in [-0.2, -0.15) is 0 Å². The number of nitrogens with two attached hydrogens (primary N) is 1. The van der Waals surface area contributed by atoms with Gasteiger partial charge in [-0.25, -0.2) is 9.50 Å². The third-order valence-corrected chi connectivity index (χ3v) is 7.46. The normalized spacial score (nSPS) is 22.0. The van der Waals surface area contributed by atoms with Crippen molar-refractivity contribution in [2.75, 3.05) is 12.3 Å². The number of nitrogens with zero attached hydrogens (tertiary/aromatic N) is 3. The Morgan fingerprint density at radius 3 is 2.02 bits per heavy atom. The molecule has 0 amide bonds. The molecule has 0 spiro atoms. The number of ether oxygens (including phenoxy) is 4. The lowest BCUT2D eigenvalue weighted by Gasteiger charge is -2.32. The molecule has 3 aromatic carbocycles. The van der Waals surface area contributed by atoms with Crippen LogP contribution in [-0.2, 0) is 38.8 Å². The van der Waals surface area contributed by atoms with Crippen LogP contribution in [0.3, 0.4) is 0 Å². The molecule has 4 atom stereocenters. The molecule has 8 heteroatoms. The summed E-state index contributed by atoms with van der Waals surface area (Å²) in [6.45, 7) is 5.46. The molecule has 0 saturated carbocycles. The van der Waals surface area contributed by atoms with Gasteiger partial charge in [0.05, 0.1) is 26.4 Å². The number of fused-ring (bicyclic) bond motifs is 1. The first-order valence-corrected chi connectivity index (χ1v) is 14.0. The molecule has 214 valence electrons. The Kier molecular flexibility index (Phi) is 8.39. The van der Waals surface area contributed by atoms with Crippen molar-refractivity contribution in [1.82, 2.24) is 14.6 Å². The van der Waals surface area contributed by atoms with Gasteiger partial charge in [0, 0.05) is 6.20 Å². The fourth-order valence-corrected chi connectivity index (χ4v) is 5.28. The highest BCUT2D eigenvalue weighted by Crippen LogP contribution is 2.44. The summed E-state index contributed by atoms with van der Waals surface area (Å²) < 4.78 is 28.1. The molecule has 0 aliphatic carbocycles. The summed E-state index contributed by atoms with van der Waals surface area (Å²) in [5.74, 6) is 0.753. The summed E-state index contributed by atoms with van der Waals surface area (Å²) in [5, 5.41) is 4.75. The number of nitrogen functional groups attached to an aromatic ring is 1. The molecule has 8 nitrogen and oxygen atoms in total. The van der Waals surface area contributed by atoms with E-state index in [4.69, 9.17) is 29.8 Å². The van der Waals surface area contributed by atoms with Crippen LogP contribution in [0.5, 0.6) is 0 Å². The van der Waals surface area contributed by atoms with Crippen molar-refractivity contribution < 1.29 is 18.9 Å². The van der Waals surface area contributed by atoms with Crippen LogP contribution in [0.4, 0.5) is 5.82 Å². The Bertz CT molecular complexity index is 1600. The number of hydrogen-bond acceptors (Lipinski definition) is 7. The Hall–Kier alpha value is -4.34. The average molecular weight is 563 g/mol. The topological polar surface area (TPSA) is 93.1 Å². The SMILES string of the molecule is C=C[C@]1(COCc2ccccc2)O[C@@H](c2nc(N)c3cccn3n2)[C@H](OCc2ccccc2)[C@@H]1OCc1ccccc1. The van der Waals surface area contributed by atoms with Crippen LogP contribution in [0.2, 0.25) is 0 Å². The van der Waals surface area contributed by atoms with E-state index in [1.54, 1.807) is 10.6 Å². The van der Waals surface area contributed by atoms with Crippen molar-refractivity contribution in [3.8, 4) is 0 Å². The van der Waals surface area contributed by atoms with Crippen LogP contribution in [0.25, 0.3) is 5.52 Å². The smallest absolute Gasteiger partial charge is 0.183 e. The Morgan fingerprint density at radius 2 is 1.40 bits per heavy atom. The zero-order valence-electron chi connectivity index (χ0n) is 23.3. The quantitative estimate of drug-likeness (QED) is 0.195. The second kappa shape index (κ2) is 12.7. The lowest BCUT2D eigenvalue weighted by atomic mass is 9.94. The molecule has 3 heterocycles. The zero-order chi connectivity index (χ0) is 28.8. The standard InChI is InChI=1S/C34H34N4O4/c1-2-34(24-39-21-25-13-6-3-7-14-25)31(41-23-27-17-10-5-11-18-27)29(40-22-26-15-8-4-9-16-26)30(42-34)33-36-32(35)28-19-12-20-38(28)37-33/h2-20,29-31H,1,21-24H2,(H2,35,36,37)/t29-,30+,31-,34+/m0/s1. The highest BCUT2D eigenvalue weighted by atomic mass is 16.6. The van der Waals surface area contributed by atoms with E-state index in [1.165, 1.54) is 0 Å². The molecular weight excluding hydrogens is 528 g/mol. The third-order valence-electron chi connectivity index (χ3n) is 7.46. The van der Waals surface area contributed by atoms with Gasteiger partial charge in [0.1, 0.15) is 29.4 Å². The van der Waals surface area contributed by atoms with Gasteiger partial charge in [-0.15, -0.1) is 11.7 Å². The van der Waals surface area contributed by atoms with Crippen molar-refractivity contribution in [2.45, 2.75) is 43.7 Å². The van der Waals surface area contributed by atoms with E-state index < -0.39 is 23.9 Å². The van der Waals surface area contributed by atoms with Gasteiger partial charge in [-0.1, -0.05) is 97.1 Å². The fourth-order valence-electron chi connectivity index (χ4n) is 5.28. The predicted octanol–water partition coefficient (Wildman–Crippen LogP) is 5.70. The molecular formula is C34H34N4O4. The molecule has 2 N–H and O–H groups in total. The number of anilines is 1. The summed E-state index contributed by atoms with van der Waals surface area (Å²) in [6, 6.07) is 33.8. The summed E-state index contributed by atoms with van der Waals surface area (Å²) >= 11 is 0. The van der Waals surface area contributed by atoms with Crippen LogP contribution < -0.4 is 5.73 Å². The van der Waals surface area contributed by atoms with E-state index in [-0.39, 0.29) is 6.61 Å². The van der Waals surface area contributed by atoms with Crippen LogP contribution in [-0.4, -0.2) is 39.0 Å². The molecule has 1 saturated heterocycles. The van der Waals surface area contributed by atoms with Crippen LogP contribution in [0.1, 0.15) is 28.6 Å². The monoisotopic (exact) mass is 562 g/mol. The van der Waals surface area contributed by atoms with Crippen LogP contribution in [0.15, 0.2) is 122 Å². The lowest BCUT2D eigenvalue weighted by Crippen LogP contribution is -2.47. The largest absolute Gasteiger partial charge is 0.382 e. The van der Waals surface area contributed by atoms with Gasteiger partial charge in [-0.3, -0.25) is 0 Å². The maximum absolute atomic E-state index is 6.82. The maximum Gasteiger partial charge on any atom is 0.183 e. The summed E-state index contributed by atoms with van der Waals surface area (Å²) in [6.07, 6.45) is 1.69. The summed E-state index contributed by atoms with van der Waals surface area (Å²) in [5.41, 5.74) is 9.12. The third kappa shape index (κ3) is 5.98. The Labute approximate surface area is 245 Å².